The minimum absolute atomic E-state index is 0.0683. The number of nitrogens with one attached hydrogen (secondary N) is 1. The van der Waals surface area contributed by atoms with Crippen LogP contribution in [0.15, 0.2) is 42.5 Å². The smallest absolute Gasteiger partial charge is 0.325 e. The number of halogens is 1. The van der Waals surface area contributed by atoms with E-state index in [9.17, 15) is 14.0 Å². The van der Waals surface area contributed by atoms with Gasteiger partial charge in [-0.2, -0.15) is 0 Å². The number of ether oxygens (including phenoxy) is 3. The van der Waals surface area contributed by atoms with Crippen molar-refractivity contribution < 1.29 is 28.2 Å². The highest BCUT2D eigenvalue weighted by molar-refractivity contribution is 6.07. The second-order valence-electron chi connectivity index (χ2n) is 9.69. The summed E-state index contributed by atoms with van der Waals surface area (Å²) in [6.45, 7) is 3.90. The van der Waals surface area contributed by atoms with Crippen molar-refractivity contribution in [3.8, 4) is 11.5 Å². The van der Waals surface area contributed by atoms with Gasteiger partial charge in [-0.25, -0.2) is 9.18 Å². The maximum Gasteiger partial charge on any atom is 0.325 e. The second-order valence-corrected chi connectivity index (χ2v) is 9.69. The summed E-state index contributed by atoms with van der Waals surface area (Å²) in [5.74, 6) is 0.875. The maximum absolute atomic E-state index is 14.0. The van der Waals surface area contributed by atoms with Crippen LogP contribution in [-0.4, -0.2) is 73.8 Å². The van der Waals surface area contributed by atoms with Crippen molar-refractivity contribution in [3.63, 3.8) is 0 Å². The molecule has 2 aromatic rings. The lowest BCUT2D eigenvalue weighted by Gasteiger charge is -2.41. The molecule has 3 amide bonds. The lowest BCUT2D eigenvalue weighted by Crippen LogP contribution is -2.57. The highest BCUT2D eigenvalue weighted by Crippen LogP contribution is 2.37. The summed E-state index contributed by atoms with van der Waals surface area (Å²) in [6.07, 6.45) is 1.74. The van der Waals surface area contributed by atoms with Crippen molar-refractivity contribution in [3.05, 3.63) is 59.4 Å². The first-order valence-electron chi connectivity index (χ1n) is 12.5. The van der Waals surface area contributed by atoms with Crippen LogP contribution in [0.5, 0.6) is 11.5 Å². The molecule has 9 heteroatoms. The zero-order valence-corrected chi connectivity index (χ0v) is 20.5. The van der Waals surface area contributed by atoms with Gasteiger partial charge >= 0.3 is 6.03 Å². The minimum Gasteiger partial charge on any atom is -0.486 e. The average Bonchev–Trinajstić information content (AvgIpc) is 3.12. The number of nitrogens with zero attached hydrogens (tertiary/aromatic N) is 2. The van der Waals surface area contributed by atoms with Crippen LogP contribution < -0.4 is 14.8 Å². The third-order valence-corrected chi connectivity index (χ3v) is 7.39. The van der Waals surface area contributed by atoms with Gasteiger partial charge < -0.3 is 19.5 Å². The Morgan fingerprint density at radius 2 is 1.83 bits per heavy atom. The summed E-state index contributed by atoms with van der Waals surface area (Å²) in [5, 5.41) is 3.02. The van der Waals surface area contributed by atoms with Crippen molar-refractivity contribution in [1.29, 1.82) is 0 Å². The fraction of sp³-hybridized carbons (Fsp3) is 0.481. The number of rotatable bonds is 8. The molecule has 0 unspecified atom stereocenters. The topological polar surface area (TPSA) is 80.3 Å². The average molecular weight is 498 g/mol. The van der Waals surface area contributed by atoms with Gasteiger partial charge in [-0.15, -0.1) is 0 Å². The number of urea groups is 1. The summed E-state index contributed by atoms with van der Waals surface area (Å²) < 4.78 is 30.4. The van der Waals surface area contributed by atoms with E-state index in [1.807, 2.05) is 12.1 Å². The molecule has 36 heavy (non-hydrogen) atoms. The standard InChI is InChI=1S/C27H32FN3O5/c1-34-12-11-31-25(32)27(29-26(31)33,17-19-3-2-4-22(28)15-19)21-7-9-30(10-8-21)18-20-5-6-23-24(16-20)36-14-13-35-23/h2-6,15-16,21H,7-14,17-18H2,1H3,(H,29,33)/t27-/m0/s1. The maximum atomic E-state index is 14.0. The molecule has 3 aliphatic heterocycles. The molecule has 0 aromatic heterocycles. The third-order valence-electron chi connectivity index (χ3n) is 7.39. The van der Waals surface area contributed by atoms with Crippen molar-refractivity contribution in [2.24, 2.45) is 5.92 Å². The normalized spacial score (nSPS) is 22.7. The molecule has 1 N–H and O–H groups in total. The lowest BCUT2D eigenvalue weighted by atomic mass is 9.74. The van der Waals surface area contributed by atoms with Crippen molar-refractivity contribution in [2.45, 2.75) is 31.3 Å². The molecule has 0 bridgehead atoms. The van der Waals surface area contributed by atoms with Crippen LogP contribution in [0.2, 0.25) is 0 Å². The number of carbonyl (C=O) groups is 2. The molecule has 8 nitrogen and oxygen atoms in total. The summed E-state index contributed by atoms with van der Waals surface area (Å²) in [4.78, 5) is 30.1. The molecule has 2 fully saturated rings. The molecule has 2 aromatic carbocycles. The van der Waals surface area contributed by atoms with E-state index in [1.54, 1.807) is 12.1 Å². The Morgan fingerprint density at radius 1 is 1.06 bits per heavy atom. The number of amides is 3. The molecule has 3 heterocycles. The highest BCUT2D eigenvalue weighted by Gasteiger charge is 2.55. The number of methoxy groups -OCH3 is 1. The molecule has 2 saturated heterocycles. The summed E-state index contributed by atoms with van der Waals surface area (Å²) in [5.41, 5.74) is 0.737. The molecule has 0 radical (unpaired) electrons. The van der Waals surface area contributed by atoms with E-state index >= 15 is 0 Å². The van der Waals surface area contributed by atoms with E-state index in [-0.39, 0.29) is 37.2 Å². The Bertz CT molecular complexity index is 1120. The van der Waals surface area contributed by atoms with Crippen LogP contribution in [0, 0.1) is 11.7 Å². The number of hydrogen-bond donors (Lipinski definition) is 1. The Labute approximate surface area is 210 Å². The molecule has 0 saturated carbocycles. The fourth-order valence-electron chi connectivity index (χ4n) is 5.57. The Morgan fingerprint density at radius 3 is 2.58 bits per heavy atom. The fourth-order valence-corrected chi connectivity index (χ4v) is 5.57. The number of benzene rings is 2. The number of carbonyl (C=O) groups excluding carboxylic acids is 2. The number of piperidine rings is 1. The molecule has 192 valence electrons. The van der Waals surface area contributed by atoms with Gasteiger partial charge in [-0.1, -0.05) is 18.2 Å². The van der Waals surface area contributed by atoms with Crippen LogP contribution in [0.25, 0.3) is 0 Å². The van der Waals surface area contributed by atoms with Gasteiger partial charge in [-0.3, -0.25) is 14.6 Å². The first-order chi connectivity index (χ1) is 17.5. The molecule has 0 aliphatic carbocycles. The van der Waals surface area contributed by atoms with Gasteiger partial charge in [0.1, 0.15) is 24.6 Å². The largest absolute Gasteiger partial charge is 0.486 e. The van der Waals surface area contributed by atoms with E-state index < -0.39 is 11.6 Å². The van der Waals surface area contributed by atoms with Gasteiger partial charge in [0.2, 0.25) is 0 Å². The van der Waals surface area contributed by atoms with E-state index in [4.69, 9.17) is 14.2 Å². The molecule has 5 rings (SSSR count). The number of hydrogen-bond acceptors (Lipinski definition) is 6. The Kier molecular flexibility index (Phi) is 7.11. The van der Waals surface area contributed by atoms with Crippen molar-refractivity contribution >= 4 is 11.9 Å². The van der Waals surface area contributed by atoms with E-state index in [0.717, 1.165) is 49.5 Å². The number of likely N-dealkylation sites (tertiary alicyclic amines) is 1. The van der Waals surface area contributed by atoms with E-state index in [0.29, 0.717) is 18.8 Å². The first kappa shape index (κ1) is 24.5. The molecular formula is C27H32FN3O5. The predicted octanol–water partition coefficient (Wildman–Crippen LogP) is 2.99. The van der Waals surface area contributed by atoms with Crippen LogP contribution in [-0.2, 0) is 22.5 Å². The minimum atomic E-state index is -1.10. The second kappa shape index (κ2) is 10.4. The number of imide groups is 1. The third kappa shape index (κ3) is 4.90. The van der Waals surface area contributed by atoms with Gasteiger partial charge in [0.15, 0.2) is 11.5 Å². The van der Waals surface area contributed by atoms with Crippen molar-refractivity contribution in [1.82, 2.24) is 15.1 Å². The molecule has 1 atom stereocenters. The Balaban J connectivity index is 1.31. The van der Waals surface area contributed by atoms with Crippen LogP contribution >= 0.6 is 0 Å². The van der Waals surface area contributed by atoms with Crippen molar-refractivity contribution in [2.75, 3.05) is 46.6 Å². The zero-order chi connectivity index (χ0) is 25.1. The van der Waals surface area contributed by atoms with Gasteiger partial charge in [0, 0.05) is 20.1 Å². The molecule has 3 aliphatic rings. The van der Waals surface area contributed by atoms with Gasteiger partial charge in [0.05, 0.1) is 13.2 Å². The van der Waals surface area contributed by atoms with Crippen LogP contribution in [0.3, 0.4) is 0 Å². The quantitative estimate of drug-likeness (QED) is 0.565. The molecule has 0 spiro atoms. The zero-order valence-electron chi connectivity index (χ0n) is 20.5. The lowest BCUT2D eigenvalue weighted by molar-refractivity contribution is -0.134. The van der Waals surface area contributed by atoms with E-state index in [1.165, 1.54) is 24.1 Å². The summed E-state index contributed by atoms with van der Waals surface area (Å²) in [7, 11) is 1.54. The highest BCUT2D eigenvalue weighted by atomic mass is 19.1. The molecular weight excluding hydrogens is 465 g/mol. The van der Waals surface area contributed by atoms with Gasteiger partial charge in [0.25, 0.3) is 5.91 Å². The number of fused-ring (bicyclic) bond motifs is 1. The van der Waals surface area contributed by atoms with Crippen LogP contribution in [0.4, 0.5) is 9.18 Å². The SMILES string of the molecule is COCCN1C(=O)N[C@@](Cc2cccc(F)c2)(C2CCN(Cc3ccc4c(c3)OCCO4)CC2)C1=O. The van der Waals surface area contributed by atoms with E-state index in [2.05, 4.69) is 16.3 Å². The monoisotopic (exact) mass is 497 g/mol. The predicted molar refractivity (Wildman–Crippen MR) is 130 cm³/mol. The Hall–Kier alpha value is -3.17. The van der Waals surface area contributed by atoms with Gasteiger partial charge in [-0.05, 0) is 67.2 Å². The summed E-state index contributed by atoms with van der Waals surface area (Å²) in [6, 6.07) is 11.9. The van der Waals surface area contributed by atoms with Crippen LogP contribution in [0.1, 0.15) is 24.0 Å². The summed E-state index contributed by atoms with van der Waals surface area (Å²) >= 11 is 0. The first-order valence-corrected chi connectivity index (χ1v) is 12.5.